The van der Waals surface area contributed by atoms with E-state index in [-0.39, 0.29) is 43.1 Å². The van der Waals surface area contributed by atoms with Crippen molar-refractivity contribution >= 4 is 35.9 Å². The average molecular weight is 471 g/mol. The van der Waals surface area contributed by atoms with E-state index >= 15 is 0 Å². The lowest BCUT2D eigenvalue weighted by Gasteiger charge is -2.17. The number of benzene rings is 1. The Morgan fingerprint density at radius 1 is 1.00 bits per heavy atom. The number of nitrogens with one attached hydrogen (secondary N) is 2. The van der Waals surface area contributed by atoms with Crippen molar-refractivity contribution in [1.29, 1.82) is 0 Å². The number of amides is 2. The summed E-state index contributed by atoms with van der Waals surface area (Å²) in [4.78, 5) is 47.1. The van der Waals surface area contributed by atoms with Crippen LogP contribution in [0.4, 0.5) is 9.59 Å². The van der Waals surface area contributed by atoms with E-state index in [0.29, 0.717) is 18.4 Å². The molecule has 0 fully saturated rings. The molecule has 0 spiro atoms. The molecule has 0 aromatic heterocycles. The molecule has 178 valence electrons. The second-order valence-corrected chi connectivity index (χ2v) is 7.41. The first-order valence-corrected chi connectivity index (χ1v) is 11.6. The van der Waals surface area contributed by atoms with Crippen molar-refractivity contribution in [1.82, 2.24) is 10.6 Å². The second kappa shape index (κ2) is 15.0. The van der Waals surface area contributed by atoms with Crippen LogP contribution in [0.1, 0.15) is 32.8 Å². The maximum atomic E-state index is 12.4. The second-order valence-electron chi connectivity index (χ2n) is 6.43. The first-order valence-electron chi connectivity index (χ1n) is 10.2. The van der Waals surface area contributed by atoms with Gasteiger partial charge in [-0.3, -0.25) is 9.59 Å². The Balaban J connectivity index is 2.82. The van der Waals surface area contributed by atoms with Crippen molar-refractivity contribution in [2.24, 2.45) is 0 Å². The van der Waals surface area contributed by atoms with Gasteiger partial charge in [0.15, 0.2) is 11.5 Å². The van der Waals surface area contributed by atoms with Crippen molar-refractivity contribution in [3.8, 4) is 11.5 Å². The molecule has 0 bridgehead atoms. The van der Waals surface area contributed by atoms with Crippen LogP contribution in [0.3, 0.4) is 0 Å². The SMILES string of the molecule is CCOC(=O)Oc1ccc(CCNC(=O)[C@H](CCSC)NC(C)=O)cc1OC(=O)OCC. The fourth-order valence-corrected chi connectivity index (χ4v) is 3.02. The van der Waals surface area contributed by atoms with Gasteiger partial charge in [-0.1, -0.05) is 6.07 Å². The van der Waals surface area contributed by atoms with Crippen LogP contribution in [0.15, 0.2) is 18.2 Å². The summed E-state index contributed by atoms with van der Waals surface area (Å²) in [5.74, 6) is 0.154. The Morgan fingerprint density at radius 3 is 2.19 bits per heavy atom. The summed E-state index contributed by atoms with van der Waals surface area (Å²) in [5, 5.41) is 5.43. The molecule has 0 saturated carbocycles. The molecule has 1 aromatic carbocycles. The molecule has 0 heterocycles. The van der Waals surface area contributed by atoms with Crippen LogP contribution in [0, 0.1) is 0 Å². The predicted octanol–water partition coefficient (Wildman–Crippen LogP) is 2.67. The summed E-state index contributed by atoms with van der Waals surface area (Å²) >= 11 is 1.59. The molecule has 0 aliphatic heterocycles. The van der Waals surface area contributed by atoms with Gasteiger partial charge in [0.05, 0.1) is 13.2 Å². The van der Waals surface area contributed by atoms with Gasteiger partial charge in [-0.2, -0.15) is 11.8 Å². The molecule has 2 N–H and O–H groups in total. The van der Waals surface area contributed by atoms with E-state index in [4.69, 9.17) is 18.9 Å². The highest BCUT2D eigenvalue weighted by Crippen LogP contribution is 2.29. The van der Waals surface area contributed by atoms with Gasteiger partial charge < -0.3 is 29.6 Å². The Bertz CT molecular complexity index is 787. The highest BCUT2D eigenvalue weighted by Gasteiger charge is 2.19. The van der Waals surface area contributed by atoms with Crippen molar-refractivity contribution < 1.29 is 38.1 Å². The lowest BCUT2D eigenvalue weighted by molar-refractivity contribution is -0.128. The molecule has 32 heavy (non-hydrogen) atoms. The lowest BCUT2D eigenvalue weighted by Crippen LogP contribution is -2.46. The zero-order valence-electron chi connectivity index (χ0n) is 18.7. The summed E-state index contributed by atoms with van der Waals surface area (Å²) in [5.41, 5.74) is 0.709. The first kappa shape index (κ1) is 27.1. The van der Waals surface area contributed by atoms with E-state index in [1.165, 1.54) is 19.1 Å². The maximum absolute atomic E-state index is 12.4. The third kappa shape index (κ3) is 10.4. The normalized spacial score (nSPS) is 11.1. The van der Waals surface area contributed by atoms with Crippen LogP contribution in [-0.2, 0) is 25.5 Å². The molecule has 1 aromatic rings. The van der Waals surface area contributed by atoms with E-state index in [0.717, 1.165) is 5.75 Å². The Labute approximate surface area is 191 Å². The van der Waals surface area contributed by atoms with Gasteiger partial charge in [-0.15, -0.1) is 0 Å². The minimum absolute atomic E-state index is 0.00734. The molecule has 0 aliphatic carbocycles. The van der Waals surface area contributed by atoms with Crippen LogP contribution in [-0.4, -0.2) is 61.9 Å². The maximum Gasteiger partial charge on any atom is 0.513 e. The molecule has 0 aliphatic rings. The van der Waals surface area contributed by atoms with Gasteiger partial charge >= 0.3 is 12.3 Å². The zero-order valence-corrected chi connectivity index (χ0v) is 19.5. The average Bonchev–Trinajstić information content (AvgIpc) is 2.72. The van der Waals surface area contributed by atoms with E-state index in [2.05, 4.69) is 10.6 Å². The van der Waals surface area contributed by atoms with Crippen LogP contribution >= 0.6 is 11.8 Å². The topological polar surface area (TPSA) is 129 Å². The quantitative estimate of drug-likeness (QED) is 0.350. The van der Waals surface area contributed by atoms with Crippen molar-refractivity contribution in [2.45, 2.75) is 39.7 Å². The van der Waals surface area contributed by atoms with Crippen LogP contribution in [0.25, 0.3) is 0 Å². The van der Waals surface area contributed by atoms with E-state index in [1.807, 2.05) is 6.26 Å². The molecule has 2 amide bonds. The van der Waals surface area contributed by atoms with Crippen molar-refractivity contribution in [3.05, 3.63) is 23.8 Å². The standard InChI is InChI=1S/C21H30N2O8S/c1-5-28-20(26)30-17-8-7-15(13-18(17)31-21(27)29-6-2)9-11-22-19(25)16(10-12-32-4)23-14(3)24/h7-8,13,16H,5-6,9-12H2,1-4H3,(H,22,25)(H,23,24)/t16-/m0/s1. The predicted molar refractivity (Wildman–Crippen MR) is 119 cm³/mol. The minimum Gasteiger partial charge on any atom is -0.434 e. The number of ether oxygens (including phenoxy) is 4. The molecular formula is C21H30N2O8S. The summed E-state index contributed by atoms with van der Waals surface area (Å²) in [7, 11) is 0. The third-order valence-electron chi connectivity index (χ3n) is 3.94. The minimum atomic E-state index is -0.946. The van der Waals surface area contributed by atoms with E-state index in [9.17, 15) is 19.2 Å². The number of thioether (sulfide) groups is 1. The summed E-state index contributed by atoms with van der Waals surface area (Å²) in [6.45, 7) is 5.15. The monoisotopic (exact) mass is 470 g/mol. The first-order chi connectivity index (χ1) is 15.3. The molecule has 0 saturated heterocycles. The Kier molecular flexibility index (Phi) is 12.7. The highest BCUT2D eigenvalue weighted by atomic mass is 32.2. The number of carbonyl (C=O) groups is 4. The fourth-order valence-electron chi connectivity index (χ4n) is 2.55. The highest BCUT2D eigenvalue weighted by molar-refractivity contribution is 7.98. The smallest absolute Gasteiger partial charge is 0.434 e. The molecule has 0 radical (unpaired) electrons. The third-order valence-corrected chi connectivity index (χ3v) is 4.58. The van der Waals surface area contributed by atoms with Gasteiger partial charge in [0.25, 0.3) is 0 Å². The van der Waals surface area contributed by atoms with Gasteiger partial charge in [0.1, 0.15) is 6.04 Å². The molecule has 1 atom stereocenters. The van der Waals surface area contributed by atoms with Gasteiger partial charge in [-0.25, -0.2) is 9.59 Å². The number of rotatable bonds is 12. The van der Waals surface area contributed by atoms with E-state index < -0.39 is 18.4 Å². The molecule has 1 rings (SSSR count). The van der Waals surface area contributed by atoms with Gasteiger partial charge in [-0.05, 0) is 56.4 Å². The Morgan fingerprint density at radius 2 is 1.62 bits per heavy atom. The Hall–Kier alpha value is -2.95. The van der Waals surface area contributed by atoms with Gasteiger partial charge in [0, 0.05) is 13.5 Å². The number of carbonyl (C=O) groups excluding carboxylic acids is 4. The number of hydrogen-bond acceptors (Lipinski definition) is 9. The van der Waals surface area contributed by atoms with Crippen molar-refractivity contribution in [2.75, 3.05) is 31.8 Å². The molecule has 10 nitrogen and oxygen atoms in total. The number of hydrogen-bond donors (Lipinski definition) is 2. The van der Waals surface area contributed by atoms with Crippen molar-refractivity contribution in [3.63, 3.8) is 0 Å². The van der Waals surface area contributed by atoms with Crippen LogP contribution in [0.5, 0.6) is 11.5 Å². The molecule has 11 heteroatoms. The van der Waals surface area contributed by atoms with Crippen LogP contribution < -0.4 is 20.1 Å². The summed E-state index contributed by atoms with van der Waals surface area (Å²) in [6.07, 6.45) is 0.965. The lowest BCUT2D eigenvalue weighted by atomic mass is 10.1. The summed E-state index contributed by atoms with van der Waals surface area (Å²) < 4.78 is 19.7. The summed E-state index contributed by atoms with van der Waals surface area (Å²) in [6, 6.07) is 4.03. The molecular weight excluding hydrogens is 440 g/mol. The van der Waals surface area contributed by atoms with Crippen LogP contribution in [0.2, 0.25) is 0 Å². The largest absolute Gasteiger partial charge is 0.513 e. The van der Waals surface area contributed by atoms with Gasteiger partial charge in [0.2, 0.25) is 11.8 Å². The molecule has 0 unspecified atom stereocenters. The van der Waals surface area contributed by atoms with E-state index in [1.54, 1.807) is 31.7 Å². The fraction of sp³-hybridized carbons (Fsp3) is 0.524. The zero-order chi connectivity index (χ0) is 23.9.